The zero-order valence-electron chi connectivity index (χ0n) is 11.2. The molecule has 1 aliphatic heterocycles. The van der Waals surface area contributed by atoms with Gasteiger partial charge in [-0.25, -0.2) is 0 Å². The van der Waals surface area contributed by atoms with Gasteiger partial charge >= 0.3 is 0 Å². The Morgan fingerprint density at radius 2 is 2.06 bits per heavy atom. The van der Waals surface area contributed by atoms with E-state index in [2.05, 4.69) is 31.0 Å². The fourth-order valence-electron chi connectivity index (χ4n) is 3.07. The minimum atomic E-state index is 0.754. The average molecular weight is 224 g/mol. The van der Waals surface area contributed by atoms with Gasteiger partial charge in [0.05, 0.1) is 0 Å². The van der Waals surface area contributed by atoms with E-state index < -0.39 is 0 Å². The summed E-state index contributed by atoms with van der Waals surface area (Å²) in [7, 11) is 0. The lowest BCUT2D eigenvalue weighted by Crippen LogP contribution is -2.54. The lowest BCUT2D eigenvalue weighted by Gasteiger charge is -2.46. The first-order valence-electron chi connectivity index (χ1n) is 7.14. The number of nitrogens with zero attached hydrogens (tertiary/aromatic N) is 1. The molecule has 1 N–H and O–H groups in total. The predicted octanol–water partition coefficient (Wildman–Crippen LogP) is 2.49. The van der Waals surface area contributed by atoms with Crippen molar-refractivity contribution in [3.05, 3.63) is 0 Å². The highest BCUT2D eigenvalue weighted by atomic mass is 15.2. The molecule has 2 aliphatic rings. The molecule has 2 fully saturated rings. The largest absolute Gasteiger partial charge is 0.312 e. The van der Waals surface area contributed by atoms with Crippen LogP contribution in [0.3, 0.4) is 0 Å². The monoisotopic (exact) mass is 224 g/mol. The predicted molar refractivity (Wildman–Crippen MR) is 69.6 cm³/mol. The molecule has 1 aliphatic carbocycles. The van der Waals surface area contributed by atoms with Gasteiger partial charge in [0.1, 0.15) is 0 Å². The summed E-state index contributed by atoms with van der Waals surface area (Å²) in [6.07, 6.45) is 5.66. The third kappa shape index (κ3) is 2.98. The maximum absolute atomic E-state index is 3.73. The molecule has 3 atom stereocenters. The summed E-state index contributed by atoms with van der Waals surface area (Å²) in [5.41, 5.74) is 0. The molecule has 0 aromatic heterocycles. The Hall–Kier alpha value is -0.0800. The van der Waals surface area contributed by atoms with Gasteiger partial charge < -0.3 is 5.32 Å². The Morgan fingerprint density at radius 1 is 1.25 bits per heavy atom. The van der Waals surface area contributed by atoms with Gasteiger partial charge in [0.25, 0.3) is 0 Å². The number of likely N-dealkylation sites (tertiary alicyclic amines) is 1. The normalized spacial score (nSPS) is 36.4. The van der Waals surface area contributed by atoms with Crippen LogP contribution in [0.5, 0.6) is 0 Å². The van der Waals surface area contributed by atoms with Gasteiger partial charge in [-0.2, -0.15) is 0 Å². The first-order valence-corrected chi connectivity index (χ1v) is 7.14. The maximum atomic E-state index is 3.73. The fraction of sp³-hybridized carbons (Fsp3) is 1.00. The molecule has 16 heavy (non-hydrogen) atoms. The van der Waals surface area contributed by atoms with Crippen molar-refractivity contribution in [3.8, 4) is 0 Å². The van der Waals surface area contributed by atoms with Crippen LogP contribution in [0.25, 0.3) is 0 Å². The minimum Gasteiger partial charge on any atom is -0.312 e. The molecule has 2 rings (SSSR count). The van der Waals surface area contributed by atoms with Crippen LogP contribution in [-0.2, 0) is 0 Å². The van der Waals surface area contributed by atoms with Crippen molar-refractivity contribution in [2.45, 2.75) is 58.5 Å². The molecule has 1 saturated carbocycles. The van der Waals surface area contributed by atoms with Crippen LogP contribution in [0.1, 0.15) is 46.5 Å². The summed E-state index contributed by atoms with van der Waals surface area (Å²) in [6.45, 7) is 10.8. The first kappa shape index (κ1) is 12.4. The lowest BCUT2D eigenvalue weighted by molar-refractivity contribution is 0.0439. The van der Waals surface area contributed by atoms with E-state index in [1.807, 2.05) is 0 Å². The first-order chi connectivity index (χ1) is 7.66. The van der Waals surface area contributed by atoms with Gasteiger partial charge in [-0.05, 0) is 50.6 Å². The number of rotatable bonds is 4. The lowest BCUT2D eigenvalue weighted by atomic mass is 9.79. The number of piperidine rings is 1. The SMILES string of the molecule is CC(C)CNC1CCCN(C2CCC2C)C1. The molecule has 1 heterocycles. The molecule has 0 spiro atoms. The summed E-state index contributed by atoms with van der Waals surface area (Å²) >= 11 is 0. The molecule has 2 nitrogen and oxygen atoms in total. The van der Waals surface area contributed by atoms with Crippen LogP contribution in [0.4, 0.5) is 0 Å². The minimum absolute atomic E-state index is 0.754. The molecule has 94 valence electrons. The number of nitrogens with one attached hydrogen (secondary N) is 1. The molecule has 0 bridgehead atoms. The van der Waals surface area contributed by atoms with Gasteiger partial charge in [0.2, 0.25) is 0 Å². The van der Waals surface area contributed by atoms with E-state index in [1.165, 1.54) is 45.3 Å². The van der Waals surface area contributed by atoms with Gasteiger partial charge in [0, 0.05) is 18.6 Å². The molecular weight excluding hydrogens is 196 g/mol. The highest BCUT2D eigenvalue weighted by molar-refractivity contribution is 4.90. The van der Waals surface area contributed by atoms with E-state index in [-0.39, 0.29) is 0 Å². The fourth-order valence-corrected chi connectivity index (χ4v) is 3.07. The highest BCUT2D eigenvalue weighted by Crippen LogP contribution is 2.33. The van der Waals surface area contributed by atoms with Crippen molar-refractivity contribution in [1.82, 2.24) is 10.2 Å². The summed E-state index contributed by atoms with van der Waals surface area (Å²) < 4.78 is 0. The zero-order valence-corrected chi connectivity index (χ0v) is 11.2. The van der Waals surface area contributed by atoms with E-state index in [9.17, 15) is 0 Å². The van der Waals surface area contributed by atoms with Crippen LogP contribution < -0.4 is 5.32 Å². The van der Waals surface area contributed by atoms with Crippen molar-refractivity contribution >= 4 is 0 Å². The van der Waals surface area contributed by atoms with Gasteiger partial charge in [-0.1, -0.05) is 20.8 Å². The van der Waals surface area contributed by atoms with E-state index >= 15 is 0 Å². The zero-order chi connectivity index (χ0) is 11.5. The van der Waals surface area contributed by atoms with E-state index in [0.717, 1.165) is 23.9 Å². The molecular formula is C14H28N2. The van der Waals surface area contributed by atoms with Crippen molar-refractivity contribution in [3.63, 3.8) is 0 Å². The highest BCUT2D eigenvalue weighted by Gasteiger charge is 2.34. The van der Waals surface area contributed by atoms with Crippen LogP contribution in [-0.4, -0.2) is 36.6 Å². The Bertz CT molecular complexity index is 215. The third-order valence-corrected chi connectivity index (χ3v) is 4.31. The Labute approximate surface area is 101 Å². The van der Waals surface area contributed by atoms with Crippen molar-refractivity contribution < 1.29 is 0 Å². The maximum Gasteiger partial charge on any atom is 0.0195 e. The van der Waals surface area contributed by atoms with Crippen LogP contribution >= 0.6 is 0 Å². The Kier molecular flexibility index (Phi) is 4.26. The summed E-state index contributed by atoms with van der Waals surface area (Å²) in [6, 6.07) is 1.66. The standard InChI is InChI=1S/C14H28N2/c1-11(2)9-15-13-5-4-8-16(10-13)14-7-6-12(14)3/h11-15H,4-10H2,1-3H3. The molecule has 1 saturated heterocycles. The van der Waals surface area contributed by atoms with E-state index in [4.69, 9.17) is 0 Å². The van der Waals surface area contributed by atoms with Crippen LogP contribution in [0.15, 0.2) is 0 Å². The molecule has 0 radical (unpaired) electrons. The topological polar surface area (TPSA) is 15.3 Å². The molecule has 3 unspecified atom stereocenters. The second kappa shape index (κ2) is 5.50. The van der Waals surface area contributed by atoms with E-state index in [0.29, 0.717) is 0 Å². The third-order valence-electron chi connectivity index (χ3n) is 4.31. The number of hydrogen-bond donors (Lipinski definition) is 1. The summed E-state index contributed by atoms with van der Waals surface area (Å²) in [5, 5.41) is 3.73. The molecule has 2 heteroatoms. The van der Waals surface area contributed by atoms with Crippen molar-refractivity contribution in [1.29, 1.82) is 0 Å². The van der Waals surface area contributed by atoms with Gasteiger partial charge in [-0.3, -0.25) is 4.90 Å². The summed E-state index contributed by atoms with van der Waals surface area (Å²) in [5.74, 6) is 1.72. The van der Waals surface area contributed by atoms with Gasteiger partial charge in [0.15, 0.2) is 0 Å². The molecule has 0 aromatic rings. The quantitative estimate of drug-likeness (QED) is 0.789. The van der Waals surface area contributed by atoms with Crippen LogP contribution in [0.2, 0.25) is 0 Å². The second-order valence-corrected chi connectivity index (χ2v) is 6.26. The molecule has 0 aromatic carbocycles. The smallest absolute Gasteiger partial charge is 0.0195 e. The van der Waals surface area contributed by atoms with Crippen molar-refractivity contribution in [2.75, 3.05) is 19.6 Å². The summed E-state index contributed by atoms with van der Waals surface area (Å²) in [4.78, 5) is 2.75. The van der Waals surface area contributed by atoms with E-state index in [1.54, 1.807) is 0 Å². The Morgan fingerprint density at radius 3 is 2.62 bits per heavy atom. The molecule has 0 amide bonds. The Balaban J connectivity index is 1.75. The second-order valence-electron chi connectivity index (χ2n) is 6.26. The average Bonchev–Trinajstić information content (AvgIpc) is 2.25. The number of hydrogen-bond acceptors (Lipinski definition) is 2. The van der Waals surface area contributed by atoms with Crippen LogP contribution in [0, 0.1) is 11.8 Å². The van der Waals surface area contributed by atoms with Gasteiger partial charge in [-0.15, -0.1) is 0 Å². The van der Waals surface area contributed by atoms with Crippen molar-refractivity contribution in [2.24, 2.45) is 11.8 Å².